The van der Waals surface area contributed by atoms with Crippen molar-refractivity contribution < 1.29 is 13.2 Å². The van der Waals surface area contributed by atoms with E-state index in [1.165, 1.54) is 7.11 Å². The molecule has 5 nitrogen and oxygen atoms in total. The number of methoxy groups -OCH3 is 1. The SMILES string of the molecule is COc1cc(C)c(C)cc1S(=O)(=O)N1CCN(C)CC1C. The van der Waals surface area contributed by atoms with Gasteiger partial charge in [-0.15, -0.1) is 0 Å². The van der Waals surface area contributed by atoms with Crippen LogP contribution in [0.5, 0.6) is 5.75 Å². The molecule has 2 rings (SSSR count). The highest BCUT2D eigenvalue weighted by Crippen LogP contribution is 2.31. The third kappa shape index (κ3) is 3.07. The highest BCUT2D eigenvalue weighted by molar-refractivity contribution is 7.89. The highest BCUT2D eigenvalue weighted by atomic mass is 32.2. The molecule has 0 aliphatic carbocycles. The standard InChI is InChI=1S/C15H24N2O3S/c1-11-8-14(20-5)15(9-12(11)2)21(18,19)17-7-6-16(4)10-13(17)3/h8-9,13H,6-7,10H2,1-5H3. The zero-order valence-electron chi connectivity index (χ0n) is 13.4. The van der Waals surface area contributed by atoms with Gasteiger partial charge in [0.05, 0.1) is 7.11 Å². The molecule has 0 saturated carbocycles. The average molecular weight is 312 g/mol. The Kier molecular flexibility index (Phi) is 4.60. The minimum Gasteiger partial charge on any atom is -0.495 e. The Hall–Kier alpha value is -1.11. The van der Waals surface area contributed by atoms with Gasteiger partial charge in [0.15, 0.2) is 0 Å². The summed E-state index contributed by atoms with van der Waals surface area (Å²) in [6, 6.07) is 3.47. The lowest BCUT2D eigenvalue weighted by molar-refractivity contribution is 0.170. The number of hydrogen-bond donors (Lipinski definition) is 0. The zero-order chi connectivity index (χ0) is 15.8. The number of piperazine rings is 1. The summed E-state index contributed by atoms with van der Waals surface area (Å²) in [7, 11) is -0.0136. The summed E-state index contributed by atoms with van der Waals surface area (Å²) in [4.78, 5) is 2.42. The van der Waals surface area contributed by atoms with Gasteiger partial charge in [-0.2, -0.15) is 4.31 Å². The van der Waals surface area contributed by atoms with Crippen LogP contribution in [0.4, 0.5) is 0 Å². The van der Waals surface area contributed by atoms with Crippen LogP contribution in [0.15, 0.2) is 17.0 Å². The van der Waals surface area contributed by atoms with Crippen molar-refractivity contribution >= 4 is 10.0 Å². The molecule has 21 heavy (non-hydrogen) atoms. The summed E-state index contributed by atoms with van der Waals surface area (Å²) in [5, 5.41) is 0. The average Bonchev–Trinajstić information content (AvgIpc) is 2.40. The lowest BCUT2D eigenvalue weighted by Gasteiger charge is -2.37. The first-order valence-electron chi connectivity index (χ1n) is 7.13. The Bertz CT molecular complexity index is 628. The van der Waals surface area contributed by atoms with Crippen LogP contribution in [0.25, 0.3) is 0 Å². The van der Waals surface area contributed by atoms with Gasteiger partial charge in [0, 0.05) is 25.7 Å². The summed E-state index contributed by atoms with van der Waals surface area (Å²) in [5.74, 6) is 0.421. The summed E-state index contributed by atoms with van der Waals surface area (Å²) < 4.78 is 32.8. The Morgan fingerprint density at radius 2 is 1.81 bits per heavy atom. The van der Waals surface area contributed by atoms with E-state index in [9.17, 15) is 8.42 Å². The molecule has 1 unspecified atom stereocenters. The van der Waals surface area contributed by atoms with E-state index in [-0.39, 0.29) is 10.9 Å². The van der Waals surface area contributed by atoms with Gasteiger partial charge in [-0.25, -0.2) is 8.42 Å². The second-order valence-electron chi connectivity index (χ2n) is 5.81. The van der Waals surface area contributed by atoms with E-state index in [4.69, 9.17) is 4.74 Å². The van der Waals surface area contributed by atoms with Gasteiger partial charge in [0.25, 0.3) is 0 Å². The van der Waals surface area contributed by atoms with Gasteiger partial charge >= 0.3 is 0 Å². The molecule has 0 amide bonds. The minimum absolute atomic E-state index is 0.0416. The smallest absolute Gasteiger partial charge is 0.247 e. The molecule has 0 N–H and O–H groups in total. The molecule has 1 fully saturated rings. The van der Waals surface area contributed by atoms with Crippen molar-refractivity contribution in [3.05, 3.63) is 23.3 Å². The predicted octanol–water partition coefficient (Wildman–Crippen LogP) is 1.64. The molecule has 1 aromatic rings. The fraction of sp³-hybridized carbons (Fsp3) is 0.600. The first kappa shape index (κ1) is 16.3. The maximum atomic E-state index is 13.0. The number of benzene rings is 1. The first-order chi connectivity index (χ1) is 9.77. The summed E-state index contributed by atoms with van der Waals surface area (Å²) in [6.07, 6.45) is 0. The second kappa shape index (κ2) is 5.94. The third-order valence-electron chi connectivity index (χ3n) is 4.14. The Morgan fingerprint density at radius 3 is 2.38 bits per heavy atom. The molecule has 0 aromatic heterocycles. The summed E-state index contributed by atoms with van der Waals surface area (Å²) in [6.45, 7) is 7.81. The van der Waals surface area contributed by atoms with Crippen LogP contribution in [0.3, 0.4) is 0 Å². The molecule has 0 bridgehead atoms. The number of hydrogen-bond acceptors (Lipinski definition) is 4. The fourth-order valence-electron chi connectivity index (χ4n) is 2.73. The van der Waals surface area contributed by atoms with Crippen molar-refractivity contribution in [2.24, 2.45) is 0 Å². The monoisotopic (exact) mass is 312 g/mol. The van der Waals surface area contributed by atoms with Crippen LogP contribution in [0.2, 0.25) is 0 Å². The van der Waals surface area contributed by atoms with Crippen LogP contribution in [0.1, 0.15) is 18.1 Å². The van der Waals surface area contributed by atoms with Crippen molar-refractivity contribution in [3.63, 3.8) is 0 Å². The fourth-order valence-corrected chi connectivity index (χ4v) is 4.57. The molecule has 0 spiro atoms. The highest BCUT2D eigenvalue weighted by Gasteiger charge is 2.34. The van der Waals surface area contributed by atoms with Crippen molar-refractivity contribution in [2.45, 2.75) is 31.7 Å². The molecule has 1 atom stereocenters. The topological polar surface area (TPSA) is 49.9 Å². The van der Waals surface area contributed by atoms with Gasteiger partial charge in [0.1, 0.15) is 10.6 Å². The molecule has 118 valence electrons. The minimum atomic E-state index is -3.53. The number of rotatable bonds is 3. The third-order valence-corrected chi connectivity index (χ3v) is 6.17. The molecule has 1 aromatic carbocycles. The largest absolute Gasteiger partial charge is 0.495 e. The van der Waals surface area contributed by atoms with Crippen molar-refractivity contribution in [1.29, 1.82) is 0 Å². The van der Waals surface area contributed by atoms with Crippen LogP contribution in [-0.2, 0) is 10.0 Å². The van der Waals surface area contributed by atoms with Gasteiger partial charge in [-0.3, -0.25) is 0 Å². The van der Waals surface area contributed by atoms with Crippen molar-refractivity contribution in [2.75, 3.05) is 33.8 Å². The normalized spacial score (nSPS) is 21.5. The van der Waals surface area contributed by atoms with E-state index in [0.29, 0.717) is 12.3 Å². The maximum absolute atomic E-state index is 13.0. The van der Waals surface area contributed by atoms with Gasteiger partial charge in [-0.1, -0.05) is 0 Å². The van der Waals surface area contributed by atoms with Gasteiger partial charge in [0.2, 0.25) is 10.0 Å². The molecular weight excluding hydrogens is 288 g/mol. The second-order valence-corrected chi connectivity index (χ2v) is 7.67. The van der Waals surface area contributed by atoms with Crippen molar-refractivity contribution in [1.82, 2.24) is 9.21 Å². The Labute approximate surface area is 127 Å². The van der Waals surface area contributed by atoms with Crippen LogP contribution in [-0.4, -0.2) is 57.5 Å². The van der Waals surface area contributed by atoms with E-state index in [1.54, 1.807) is 16.4 Å². The molecule has 1 aliphatic heterocycles. The Morgan fingerprint density at radius 1 is 1.19 bits per heavy atom. The summed E-state index contributed by atoms with van der Waals surface area (Å²) in [5.41, 5.74) is 1.98. The summed E-state index contributed by atoms with van der Waals surface area (Å²) >= 11 is 0. The first-order valence-corrected chi connectivity index (χ1v) is 8.57. The number of likely N-dealkylation sites (N-methyl/N-ethyl adjacent to an activating group) is 1. The number of nitrogens with zero attached hydrogens (tertiary/aromatic N) is 2. The zero-order valence-corrected chi connectivity index (χ0v) is 14.2. The predicted molar refractivity (Wildman–Crippen MR) is 83.3 cm³/mol. The quantitative estimate of drug-likeness (QED) is 0.851. The van der Waals surface area contributed by atoms with Crippen LogP contribution in [0, 0.1) is 13.8 Å². The number of aryl methyl sites for hydroxylation is 2. The molecule has 0 radical (unpaired) electrons. The number of ether oxygens (including phenoxy) is 1. The van der Waals surface area contributed by atoms with E-state index in [2.05, 4.69) is 4.90 Å². The van der Waals surface area contributed by atoms with E-state index in [0.717, 1.165) is 24.2 Å². The molecule has 6 heteroatoms. The number of sulfonamides is 1. The lowest BCUT2D eigenvalue weighted by atomic mass is 10.1. The lowest BCUT2D eigenvalue weighted by Crippen LogP contribution is -2.52. The molecular formula is C15H24N2O3S. The van der Waals surface area contributed by atoms with Crippen LogP contribution >= 0.6 is 0 Å². The molecule has 1 saturated heterocycles. The Balaban J connectivity index is 2.47. The van der Waals surface area contributed by atoms with E-state index in [1.807, 2.05) is 27.8 Å². The van der Waals surface area contributed by atoms with E-state index < -0.39 is 10.0 Å². The maximum Gasteiger partial charge on any atom is 0.247 e. The van der Waals surface area contributed by atoms with Gasteiger partial charge in [-0.05, 0) is 51.1 Å². The van der Waals surface area contributed by atoms with Crippen molar-refractivity contribution in [3.8, 4) is 5.75 Å². The van der Waals surface area contributed by atoms with E-state index >= 15 is 0 Å². The van der Waals surface area contributed by atoms with Gasteiger partial charge < -0.3 is 9.64 Å². The molecule has 1 heterocycles. The molecule has 1 aliphatic rings. The van der Waals surface area contributed by atoms with Crippen LogP contribution < -0.4 is 4.74 Å².